The lowest BCUT2D eigenvalue weighted by Gasteiger charge is -2.15. The van der Waals surface area contributed by atoms with Crippen LogP contribution in [0.2, 0.25) is 0 Å². The SMILES string of the molecule is C=CCn1c(CCC(=O)O)cc(OCc2ccc(F)cc2F)c(Br)c1=O. The molecule has 0 saturated heterocycles. The number of carboxylic acid groups (broad SMARTS) is 1. The predicted molar refractivity (Wildman–Crippen MR) is 95.2 cm³/mol. The number of aryl methyl sites for hydroxylation is 1. The quantitative estimate of drug-likeness (QED) is 0.652. The van der Waals surface area contributed by atoms with Crippen LogP contribution in [0, 0.1) is 11.6 Å². The Bertz CT molecular complexity index is 895. The van der Waals surface area contributed by atoms with Crippen molar-refractivity contribution in [3.63, 3.8) is 0 Å². The molecule has 0 aliphatic heterocycles. The van der Waals surface area contributed by atoms with Gasteiger partial charge in [0.25, 0.3) is 5.56 Å². The highest BCUT2D eigenvalue weighted by molar-refractivity contribution is 9.10. The molecule has 26 heavy (non-hydrogen) atoms. The smallest absolute Gasteiger partial charge is 0.303 e. The fraction of sp³-hybridized carbons (Fsp3) is 0.222. The van der Waals surface area contributed by atoms with Crippen LogP contribution in [0.1, 0.15) is 17.7 Å². The van der Waals surface area contributed by atoms with Crippen molar-refractivity contribution in [3.8, 4) is 5.75 Å². The van der Waals surface area contributed by atoms with E-state index >= 15 is 0 Å². The molecule has 8 heteroatoms. The van der Waals surface area contributed by atoms with Gasteiger partial charge >= 0.3 is 5.97 Å². The number of hydrogen-bond donors (Lipinski definition) is 1. The van der Waals surface area contributed by atoms with Gasteiger partial charge in [-0.2, -0.15) is 0 Å². The molecule has 0 unspecified atom stereocenters. The third-order valence-corrected chi connectivity index (χ3v) is 4.33. The van der Waals surface area contributed by atoms with Crippen LogP contribution < -0.4 is 10.3 Å². The van der Waals surface area contributed by atoms with Crippen LogP contribution in [0.15, 0.2) is 46.2 Å². The summed E-state index contributed by atoms with van der Waals surface area (Å²) in [7, 11) is 0. The molecule has 1 aromatic carbocycles. The van der Waals surface area contributed by atoms with E-state index in [1.54, 1.807) is 0 Å². The summed E-state index contributed by atoms with van der Waals surface area (Å²) in [4.78, 5) is 23.3. The Hall–Kier alpha value is -2.48. The molecule has 2 aromatic rings. The van der Waals surface area contributed by atoms with Crippen molar-refractivity contribution >= 4 is 21.9 Å². The monoisotopic (exact) mass is 427 g/mol. The molecular formula is C18H16BrF2NO4. The van der Waals surface area contributed by atoms with E-state index in [0.717, 1.165) is 12.1 Å². The van der Waals surface area contributed by atoms with Gasteiger partial charge in [0, 0.05) is 29.9 Å². The van der Waals surface area contributed by atoms with Crippen molar-refractivity contribution < 1.29 is 23.4 Å². The van der Waals surface area contributed by atoms with Crippen LogP contribution in [0.3, 0.4) is 0 Å². The van der Waals surface area contributed by atoms with Gasteiger partial charge in [0.1, 0.15) is 28.5 Å². The van der Waals surface area contributed by atoms with Crippen LogP contribution in [0.5, 0.6) is 5.75 Å². The number of carboxylic acids is 1. The molecular weight excluding hydrogens is 412 g/mol. The molecule has 2 rings (SSSR count). The van der Waals surface area contributed by atoms with Gasteiger partial charge in [-0.3, -0.25) is 9.59 Å². The molecule has 5 nitrogen and oxygen atoms in total. The largest absolute Gasteiger partial charge is 0.487 e. The van der Waals surface area contributed by atoms with E-state index < -0.39 is 23.2 Å². The van der Waals surface area contributed by atoms with Gasteiger partial charge in [-0.15, -0.1) is 6.58 Å². The summed E-state index contributed by atoms with van der Waals surface area (Å²) in [6.45, 7) is 3.58. The van der Waals surface area contributed by atoms with Crippen molar-refractivity contribution in [1.82, 2.24) is 4.57 Å². The zero-order valence-electron chi connectivity index (χ0n) is 13.7. The van der Waals surface area contributed by atoms with Gasteiger partial charge in [-0.05, 0) is 34.5 Å². The second-order valence-electron chi connectivity index (χ2n) is 5.44. The molecule has 1 heterocycles. The first-order chi connectivity index (χ1) is 12.3. The number of aromatic nitrogens is 1. The Morgan fingerprint density at radius 1 is 1.35 bits per heavy atom. The third kappa shape index (κ3) is 4.78. The van der Waals surface area contributed by atoms with Gasteiger partial charge < -0.3 is 14.4 Å². The molecule has 1 aromatic heterocycles. The summed E-state index contributed by atoms with van der Waals surface area (Å²) in [6.07, 6.45) is 1.48. The number of ether oxygens (including phenoxy) is 1. The van der Waals surface area contributed by atoms with E-state index in [1.165, 1.54) is 22.8 Å². The maximum Gasteiger partial charge on any atom is 0.303 e. The highest BCUT2D eigenvalue weighted by atomic mass is 79.9. The summed E-state index contributed by atoms with van der Waals surface area (Å²) in [5.74, 6) is -2.30. The maximum absolute atomic E-state index is 13.7. The number of benzene rings is 1. The number of allylic oxidation sites excluding steroid dienone is 1. The van der Waals surface area contributed by atoms with Gasteiger partial charge in [-0.25, -0.2) is 8.78 Å². The Balaban J connectivity index is 2.33. The van der Waals surface area contributed by atoms with Crippen molar-refractivity contribution in [1.29, 1.82) is 0 Å². The van der Waals surface area contributed by atoms with Gasteiger partial charge in [-0.1, -0.05) is 6.08 Å². The zero-order chi connectivity index (χ0) is 19.3. The standard InChI is InChI=1S/C18H16BrF2NO4/c1-2-7-22-13(5-6-16(23)24)9-15(17(19)18(22)25)26-10-11-3-4-12(20)8-14(11)21/h2-4,8-9H,1,5-7,10H2,(H,23,24). The van der Waals surface area contributed by atoms with E-state index in [2.05, 4.69) is 22.5 Å². The number of pyridine rings is 1. The Morgan fingerprint density at radius 3 is 2.69 bits per heavy atom. The summed E-state index contributed by atoms with van der Waals surface area (Å²) in [5.41, 5.74) is 0.165. The Labute approximate surface area is 156 Å². The molecule has 0 spiro atoms. The van der Waals surface area contributed by atoms with Crippen LogP contribution in [0.25, 0.3) is 0 Å². The summed E-state index contributed by atoms with van der Waals surface area (Å²) >= 11 is 3.16. The first-order valence-electron chi connectivity index (χ1n) is 7.65. The van der Waals surface area contributed by atoms with Crippen LogP contribution in [0.4, 0.5) is 8.78 Å². The first-order valence-corrected chi connectivity index (χ1v) is 8.44. The number of nitrogens with zero attached hydrogens (tertiary/aromatic N) is 1. The summed E-state index contributed by atoms with van der Waals surface area (Å²) in [6, 6.07) is 4.63. The molecule has 0 amide bonds. The number of hydrogen-bond acceptors (Lipinski definition) is 3. The normalized spacial score (nSPS) is 10.6. The molecule has 0 radical (unpaired) electrons. The minimum Gasteiger partial charge on any atom is -0.487 e. The van der Waals surface area contributed by atoms with Crippen LogP contribution in [-0.2, 0) is 24.4 Å². The lowest BCUT2D eigenvalue weighted by atomic mass is 10.2. The minimum atomic E-state index is -0.999. The van der Waals surface area contributed by atoms with Gasteiger partial charge in [0.15, 0.2) is 0 Å². The lowest BCUT2D eigenvalue weighted by molar-refractivity contribution is -0.137. The molecule has 0 saturated carbocycles. The number of aliphatic carboxylic acids is 1. The topological polar surface area (TPSA) is 68.5 Å². The van der Waals surface area contributed by atoms with E-state index in [-0.39, 0.29) is 41.8 Å². The highest BCUT2D eigenvalue weighted by Gasteiger charge is 2.15. The molecule has 0 bridgehead atoms. The second-order valence-corrected chi connectivity index (χ2v) is 6.23. The fourth-order valence-corrected chi connectivity index (χ4v) is 2.76. The van der Waals surface area contributed by atoms with Gasteiger partial charge in [0.2, 0.25) is 0 Å². The predicted octanol–water partition coefficient (Wildman–Crippen LogP) is 3.67. The first kappa shape index (κ1) is 19.8. The number of rotatable bonds is 8. The molecule has 1 N–H and O–H groups in total. The fourth-order valence-electron chi connectivity index (χ4n) is 2.32. The molecule has 0 fully saturated rings. The van der Waals surface area contributed by atoms with Crippen molar-refractivity contribution in [2.24, 2.45) is 0 Å². The average molecular weight is 428 g/mol. The minimum absolute atomic E-state index is 0.118. The van der Waals surface area contributed by atoms with Crippen LogP contribution >= 0.6 is 15.9 Å². The highest BCUT2D eigenvalue weighted by Crippen LogP contribution is 2.25. The molecule has 0 atom stereocenters. The average Bonchev–Trinajstić information content (AvgIpc) is 2.58. The van der Waals surface area contributed by atoms with Crippen molar-refractivity contribution in [2.75, 3.05) is 0 Å². The molecule has 0 aliphatic rings. The van der Waals surface area contributed by atoms with E-state index in [0.29, 0.717) is 5.69 Å². The van der Waals surface area contributed by atoms with Crippen molar-refractivity contribution in [2.45, 2.75) is 26.0 Å². The summed E-state index contributed by atoms with van der Waals surface area (Å²) in [5, 5.41) is 8.87. The van der Waals surface area contributed by atoms with Crippen LogP contribution in [-0.4, -0.2) is 15.6 Å². The molecule has 0 aliphatic carbocycles. The lowest BCUT2D eigenvalue weighted by Crippen LogP contribution is -2.25. The van der Waals surface area contributed by atoms with Gasteiger partial charge in [0.05, 0.1) is 6.42 Å². The van der Waals surface area contributed by atoms with E-state index in [9.17, 15) is 18.4 Å². The zero-order valence-corrected chi connectivity index (χ0v) is 15.3. The van der Waals surface area contributed by atoms with E-state index in [1.807, 2.05) is 0 Å². The third-order valence-electron chi connectivity index (χ3n) is 3.60. The number of carbonyl (C=O) groups is 1. The van der Waals surface area contributed by atoms with E-state index in [4.69, 9.17) is 9.84 Å². The number of halogens is 3. The summed E-state index contributed by atoms with van der Waals surface area (Å²) < 4.78 is 33.7. The Morgan fingerprint density at radius 2 is 2.08 bits per heavy atom. The van der Waals surface area contributed by atoms with Crippen molar-refractivity contribution in [3.05, 3.63) is 74.6 Å². The Kier molecular flexibility index (Phi) is 6.68. The second kappa shape index (κ2) is 8.75. The maximum atomic E-state index is 13.7. The molecule has 138 valence electrons.